The van der Waals surface area contributed by atoms with Crippen molar-refractivity contribution in [2.24, 2.45) is 0 Å². The van der Waals surface area contributed by atoms with Crippen LogP contribution in [0.15, 0.2) is 65.8 Å². The number of hydrogen-bond donors (Lipinski definition) is 3. The third-order valence-electron chi connectivity index (χ3n) is 3.90. The van der Waals surface area contributed by atoms with Crippen LogP contribution < -0.4 is 10.0 Å². The Bertz CT molecular complexity index is 1220. The van der Waals surface area contributed by atoms with Gasteiger partial charge in [-0.05, 0) is 42.5 Å². The molecular weight excluding hydrogens is 420 g/mol. The van der Waals surface area contributed by atoms with Crippen molar-refractivity contribution < 1.29 is 31.9 Å². The van der Waals surface area contributed by atoms with Gasteiger partial charge in [0.25, 0.3) is 15.9 Å². The molecule has 30 heavy (non-hydrogen) atoms. The fourth-order valence-electron chi connectivity index (χ4n) is 2.42. The highest BCUT2D eigenvalue weighted by Gasteiger charge is 2.20. The first-order chi connectivity index (χ1) is 14.2. The number of aromatic carboxylic acids is 1. The minimum absolute atomic E-state index is 0.286. The summed E-state index contributed by atoms with van der Waals surface area (Å²) in [6, 6.07) is 8.78. The van der Waals surface area contributed by atoms with Crippen LogP contribution in [-0.4, -0.2) is 30.4 Å². The van der Waals surface area contributed by atoms with Crippen LogP contribution in [0.4, 0.5) is 20.2 Å². The number of amides is 1. The molecule has 0 aliphatic carbocycles. The lowest BCUT2D eigenvalue weighted by Crippen LogP contribution is -2.15. The molecule has 0 saturated heterocycles. The van der Waals surface area contributed by atoms with Crippen LogP contribution in [0.3, 0.4) is 0 Å². The van der Waals surface area contributed by atoms with Gasteiger partial charge in [-0.25, -0.2) is 22.0 Å². The summed E-state index contributed by atoms with van der Waals surface area (Å²) in [5, 5.41) is 11.3. The largest absolute Gasteiger partial charge is 0.478 e. The number of nitrogens with zero attached hydrogens (tertiary/aromatic N) is 1. The van der Waals surface area contributed by atoms with E-state index in [-0.39, 0.29) is 4.90 Å². The topological polar surface area (TPSA) is 125 Å². The Hall–Kier alpha value is -3.86. The fraction of sp³-hybridized carbons (Fsp3) is 0. The summed E-state index contributed by atoms with van der Waals surface area (Å²) >= 11 is 0. The highest BCUT2D eigenvalue weighted by Crippen LogP contribution is 2.23. The number of carbonyl (C=O) groups excluding carboxylic acids is 1. The molecule has 1 heterocycles. The van der Waals surface area contributed by atoms with E-state index in [1.807, 2.05) is 4.72 Å². The molecule has 0 unspecified atom stereocenters. The molecule has 0 aliphatic heterocycles. The van der Waals surface area contributed by atoms with Crippen LogP contribution >= 0.6 is 0 Å². The molecule has 11 heteroatoms. The van der Waals surface area contributed by atoms with Gasteiger partial charge in [-0.15, -0.1) is 0 Å². The average Bonchev–Trinajstić information content (AvgIpc) is 2.71. The predicted octanol–water partition coefficient (Wildman–Crippen LogP) is 3.11. The van der Waals surface area contributed by atoms with E-state index in [4.69, 9.17) is 5.11 Å². The first kappa shape index (κ1) is 20.9. The van der Waals surface area contributed by atoms with E-state index in [0.717, 1.165) is 12.1 Å². The van der Waals surface area contributed by atoms with Crippen molar-refractivity contribution in [3.8, 4) is 0 Å². The Morgan fingerprint density at radius 1 is 0.933 bits per heavy atom. The normalized spacial score (nSPS) is 11.0. The minimum Gasteiger partial charge on any atom is -0.478 e. The van der Waals surface area contributed by atoms with Gasteiger partial charge in [0.15, 0.2) is 0 Å². The molecule has 0 spiro atoms. The molecule has 154 valence electrons. The standard InChI is InChI=1S/C19H13F2N3O5S/c20-15-10-17(16(21)9-14(15)19(26)27)24-30(28,29)13-3-1-12(2-4-13)23-18(25)11-5-7-22-8-6-11/h1-10,24H,(H,23,25)(H,26,27). The monoisotopic (exact) mass is 433 g/mol. The lowest BCUT2D eigenvalue weighted by molar-refractivity contribution is 0.0691. The fourth-order valence-corrected chi connectivity index (χ4v) is 3.47. The molecule has 0 radical (unpaired) electrons. The van der Waals surface area contributed by atoms with E-state index in [9.17, 15) is 26.8 Å². The van der Waals surface area contributed by atoms with Crippen molar-refractivity contribution >= 4 is 33.3 Å². The lowest BCUT2D eigenvalue weighted by atomic mass is 10.2. The van der Waals surface area contributed by atoms with E-state index in [1.165, 1.54) is 36.7 Å². The van der Waals surface area contributed by atoms with Gasteiger partial charge in [0.2, 0.25) is 0 Å². The molecule has 3 rings (SSSR count). The summed E-state index contributed by atoms with van der Waals surface area (Å²) in [5.41, 5.74) is -1.01. The van der Waals surface area contributed by atoms with Gasteiger partial charge in [0, 0.05) is 29.7 Å². The van der Waals surface area contributed by atoms with Crippen molar-refractivity contribution in [3.63, 3.8) is 0 Å². The van der Waals surface area contributed by atoms with Crippen LogP contribution in [-0.2, 0) is 10.0 Å². The summed E-state index contributed by atoms with van der Waals surface area (Å²) < 4.78 is 54.5. The van der Waals surface area contributed by atoms with Gasteiger partial charge in [-0.3, -0.25) is 14.5 Å². The van der Waals surface area contributed by atoms with E-state index >= 15 is 0 Å². The zero-order valence-corrected chi connectivity index (χ0v) is 15.8. The molecule has 2 aromatic carbocycles. The summed E-state index contributed by atoms with van der Waals surface area (Å²) in [6.45, 7) is 0. The Morgan fingerprint density at radius 2 is 1.57 bits per heavy atom. The predicted molar refractivity (Wildman–Crippen MR) is 103 cm³/mol. The zero-order valence-electron chi connectivity index (χ0n) is 15.0. The number of benzene rings is 2. The molecule has 0 saturated carbocycles. The third kappa shape index (κ3) is 4.58. The molecular formula is C19H13F2N3O5S. The Balaban J connectivity index is 1.78. The first-order valence-electron chi connectivity index (χ1n) is 8.24. The number of carbonyl (C=O) groups is 2. The summed E-state index contributed by atoms with van der Waals surface area (Å²) in [5.74, 6) is -4.67. The van der Waals surface area contributed by atoms with Gasteiger partial charge in [-0.1, -0.05) is 0 Å². The molecule has 0 fully saturated rings. The van der Waals surface area contributed by atoms with Gasteiger partial charge >= 0.3 is 5.97 Å². The highest BCUT2D eigenvalue weighted by atomic mass is 32.2. The minimum atomic E-state index is -4.31. The van der Waals surface area contributed by atoms with Gasteiger partial charge in [-0.2, -0.15) is 0 Å². The number of nitrogens with one attached hydrogen (secondary N) is 2. The number of halogens is 2. The first-order valence-corrected chi connectivity index (χ1v) is 9.72. The number of pyridine rings is 1. The van der Waals surface area contributed by atoms with Crippen molar-refractivity contribution in [3.05, 3.63) is 83.7 Å². The molecule has 3 N–H and O–H groups in total. The number of sulfonamides is 1. The van der Waals surface area contributed by atoms with Crippen LogP contribution in [0.25, 0.3) is 0 Å². The van der Waals surface area contributed by atoms with E-state index in [1.54, 1.807) is 0 Å². The SMILES string of the molecule is O=C(Nc1ccc(S(=O)(=O)Nc2cc(F)c(C(=O)O)cc2F)cc1)c1ccncc1. The number of hydrogen-bond acceptors (Lipinski definition) is 5. The summed E-state index contributed by atoms with van der Waals surface area (Å²) in [4.78, 5) is 26.4. The van der Waals surface area contributed by atoms with Crippen LogP contribution in [0.2, 0.25) is 0 Å². The van der Waals surface area contributed by atoms with Crippen molar-refractivity contribution in [2.75, 3.05) is 10.0 Å². The van der Waals surface area contributed by atoms with Crippen molar-refractivity contribution in [2.45, 2.75) is 4.90 Å². The van der Waals surface area contributed by atoms with Gasteiger partial charge < -0.3 is 10.4 Å². The number of carboxylic acids is 1. The second-order valence-corrected chi connectivity index (χ2v) is 7.62. The Kier molecular flexibility index (Phi) is 5.74. The third-order valence-corrected chi connectivity index (χ3v) is 5.28. The van der Waals surface area contributed by atoms with Crippen molar-refractivity contribution in [1.29, 1.82) is 0 Å². The van der Waals surface area contributed by atoms with Gasteiger partial charge in [0.05, 0.1) is 16.1 Å². The Labute approximate surface area is 169 Å². The number of aromatic nitrogens is 1. The molecule has 8 nitrogen and oxygen atoms in total. The van der Waals surface area contributed by atoms with E-state index in [0.29, 0.717) is 23.4 Å². The van der Waals surface area contributed by atoms with E-state index in [2.05, 4.69) is 10.3 Å². The maximum Gasteiger partial charge on any atom is 0.338 e. The number of anilines is 2. The van der Waals surface area contributed by atoms with Crippen LogP contribution in [0.5, 0.6) is 0 Å². The summed E-state index contributed by atoms with van der Waals surface area (Å²) in [7, 11) is -4.31. The highest BCUT2D eigenvalue weighted by molar-refractivity contribution is 7.92. The molecule has 3 aromatic rings. The molecule has 0 bridgehead atoms. The average molecular weight is 433 g/mol. The lowest BCUT2D eigenvalue weighted by Gasteiger charge is -2.11. The number of carboxylic acid groups (broad SMARTS) is 1. The molecule has 1 aromatic heterocycles. The maximum absolute atomic E-state index is 14.0. The van der Waals surface area contributed by atoms with Gasteiger partial charge in [0.1, 0.15) is 11.6 Å². The van der Waals surface area contributed by atoms with E-state index < -0.39 is 44.8 Å². The second-order valence-electron chi connectivity index (χ2n) is 5.94. The maximum atomic E-state index is 14.0. The van der Waals surface area contributed by atoms with Crippen molar-refractivity contribution in [1.82, 2.24) is 4.98 Å². The zero-order chi connectivity index (χ0) is 21.9. The number of rotatable bonds is 6. The molecule has 0 atom stereocenters. The molecule has 1 amide bonds. The summed E-state index contributed by atoms with van der Waals surface area (Å²) in [6.07, 6.45) is 2.89. The Morgan fingerprint density at radius 3 is 2.17 bits per heavy atom. The smallest absolute Gasteiger partial charge is 0.338 e. The van der Waals surface area contributed by atoms with Crippen LogP contribution in [0, 0.1) is 11.6 Å². The second kappa shape index (κ2) is 8.25. The quantitative estimate of drug-likeness (QED) is 0.549. The van der Waals surface area contributed by atoms with Crippen LogP contribution in [0.1, 0.15) is 20.7 Å². The molecule has 0 aliphatic rings.